The van der Waals surface area contributed by atoms with Crippen molar-refractivity contribution in [1.29, 1.82) is 0 Å². The minimum Gasteiger partial charge on any atom is -0.506 e. The number of nitrogens with zero attached hydrogens (tertiary/aromatic N) is 2. The smallest absolute Gasteiger partial charge is 0.258 e. The monoisotopic (exact) mass is 517 g/mol. The van der Waals surface area contributed by atoms with Gasteiger partial charge in [0.15, 0.2) is 0 Å². The van der Waals surface area contributed by atoms with Gasteiger partial charge in [0.1, 0.15) is 5.75 Å². The van der Waals surface area contributed by atoms with Gasteiger partial charge in [-0.15, -0.1) is 0 Å². The molecule has 0 aromatic heterocycles. The number of hydrogen-bond donors (Lipinski definition) is 4. The summed E-state index contributed by atoms with van der Waals surface area (Å²) < 4.78 is 0. The molecule has 0 bridgehead atoms. The summed E-state index contributed by atoms with van der Waals surface area (Å²) in [6.07, 6.45) is 0. The molecule has 190 valence electrons. The number of benzene rings is 3. The first kappa shape index (κ1) is 24.8. The van der Waals surface area contributed by atoms with Crippen molar-refractivity contribution in [1.82, 2.24) is 9.80 Å². The van der Waals surface area contributed by atoms with Gasteiger partial charge in [-0.05, 0) is 36.9 Å². The number of anilines is 3. The third-order valence-electron chi connectivity index (χ3n) is 6.54. The Balaban J connectivity index is 1.39. The number of hydrogen-bond acceptors (Lipinski definition) is 6. The van der Waals surface area contributed by atoms with E-state index in [1.165, 1.54) is 6.07 Å². The maximum absolute atomic E-state index is 13.0. The van der Waals surface area contributed by atoms with Crippen LogP contribution in [0.2, 0.25) is 5.02 Å². The van der Waals surface area contributed by atoms with Gasteiger partial charge in [-0.25, -0.2) is 0 Å². The molecule has 37 heavy (non-hydrogen) atoms. The highest BCUT2D eigenvalue weighted by molar-refractivity contribution is 6.38. The summed E-state index contributed by atoms with van der Waals surface area (Å²) in [5, 5.41) is 20.2. The topological polar surface area (TPSA) is 96.9 Å². The Morgan fingerprint density at radius 3 is 2.49 bits per heavy atom. The van der Waals surface area contributed by atoms with Gasteiger partial charge in [-0.3, -0.25) is 14.5 Å². The maximum atomic E-state index is 13.0. The molecule has 0 atom stereocenters. The molecule has 3 aromatic rings. The van der Waals surface area contributed by atoms with E-state index in [0.29, 0.717) is 33.4 Å². The number of carbonyl (C=O) groups excluding carboxylic acids is 2. The number of aromatic hydroxyl groups is 1. The number of likely N-dealkylation sites (N-methyl/N-ethyl adjacent to an activating group) is 1. The van der Waals surface area contributed by atoms with E-state index in [1.54, 1.807) is 24.3 Å². The molecule has 2 aliphatic rings. The van der Waals surface area contributed by atoms with E-state index in [4.69, 9.17) is 11.6 Å². The number of nitrogens with one attached hydrogen (secondary N) is 3. The quantitative estimate of drug-likeness (QED) is 0.289. The van der Waals surface area contributed by atoms with Crippen LogP contribution >= 0.6 is 11.6 Å². The van der Waals surface area contributed by atoms with Crippen LogP contribution in [0.1, 0.15) is 11.1 Å². The van der Waals surface area contributed by atoms with E-state index >= 15 is 0 Å². The van der Waals surface area contributed by atoms with E-state index in [0.717, 1.165) is 37.3 Å². The first-order chi connectivity index (χ1) is 17.9. The molecule has 1 fully saturated rings. The predicted molar refractivity (Wildman–Crippen MR) is 148 cm³/mol. The number of amides is 2. The highest BCUT2D eigenvalue weighted by atomic mass is 35.5. The summed E-state index contributed by atoms with van der Waals surface area (Å²) in [6.45, 7) is 3.79. The van der Waals surface area contributed by atoms with Crippen LogP contribution in [0.15, 0.2) is 66.7 Å². The molecule has 9 heteroatoms. The van der Waals surface area contributed by atoms with Gasteiger partial charge >= 0.3 is 0 Å². The summed E-state index contributed by atoms with van der Waals surface area (Å²) in [7, 11) is 2.07. The molecule has 0 saturated carbocycles. The van der Waals surface area contributed by atoms with Crippen molar-refractivity contribution in [3.63, 3.8) is 0 Å². The van der Waals surface area contributed by atoms with Gasteiger partial charge < -0.3 is 26.0 Å². The second kappa shape index (κ2) is 10.6. The van der Waals surface area contributed by atoms with Crippen molar-refractivity contribution in [3.05, 3.63) is 82.9 Å². The Morgan fingerprint density at radius 1 is 1.00 bits per heavy atom. The van der Waals surface area contributed by atoms with Crippen molar-refractivity contribution in [3.8, 4) is 5.75 Å². The van der Waals surface area contributed by atoms with Gasteiger partial charge in [0, 0.05) is 48.5 Å². The lowest BCUT2D eigenvalue weighted by Crippen LogP contribution is -2.47. The molecule has 2 aliphatic heterocycles. The minimum absolute atomic E-state index is 0.0720. The molecular formula is C28H28ClN5O3. The highest BCUT2D eigenvalue weighted by Crippen LogP contribution is 2.39. The number of piperazine rings is 1. The van der Waals surface area contributed by atoms with E-state index < -0.39 is 0 Å². The molecule has 0 radical (unpaired) electrons. The molecular weight excluding hydrogens is 490 g/mol. The van der Waals surface area contributed by atoms with Crippen LogP contribution in [0.25, 0.3) is 11.3 Å². The number of carbonyl (C=O) groups is 2. The average Bonchev–Trinajstić information content (AvgIpc) is 3.20. The molecule has 3 aromatic carbocycles. The Morgan fingerprint density at radius 2 is 1.76 bits per heavy atom. The van der Waals surface area contributed by atoms with E-state index in [9.17, 15) is 14.7 Å². The lowest BCUT2D eigenvalue weighted by molar-refractivity contribution is -0.117. The minimum atomic E-state index is -0.249. The number of phenolic OH excluding ortho intramolecular Hbond substituents is 1. The van der Waals surface area contributed by atoms with E-state index in [1.807, 2.05) is 36.4 Å². The van der Waals surface area contributed by atoms with Crippen molar-refractivity contribution < 1.29 is 14.7 Å². The molecule has 2 heterocycles. The summed E-state index contributed by atoms with van der Waals surface area (Å²) in [5.41, 5.74) is 4.14. The van der Waals surface area contributed by atoms with Gasteiger partial charge in [0.2, 0.25) is 5.91 Å². The lowest BCUT2D eigenvalue weighted by atomic mass is 10.00. The zero-order chi connectivity index (χ0) is 25.9. The van der Waals surface area contributed by atoms with Crippen LogP contribution in [0.5, 0.6) is 5.75 Å². The van der Waals surface area contributed by atoms with Crippen molar-refractivity contribution in [2.75, 3.05) is 55.7 Å². The highest BCUT2D eigenvalue weighted by Gasteiger charge is 2.28. The Bertz CT molecular complexity index is 1370. The molecule has 0 aliphatic carbocycles. The summed E-state index contributed by atoms with van der Waals surface area (Å²) in [4.78, 5) is 29.9. The van der Waals surface area contributed by atoms with E-state index in [2.05, 4.69) is 32.8 Å². The SMILES string of the molecule is CN1CCN(CC(=O)Nc2ccc(N/C(=C3\C(=O)Nc4cc(Cl)ccc43)c3ccccc3)cc2O)CC1. The Hall–Kier alpha value is -3.85. The molecule has 8 nitrogen and oxygen atoms in total. The number of rotatable bonds is 6. The summed E-state index contributed by atoms with van der Waals surface area (Å²) >= 11 is 6.13. The van der Waals surface area contributed by atoms with Gasteiger partial charge in [0.25, 0.3) is 5.91 Å². The number of phenols is 1. The maximum Gasteiger partial charge on any atom is 0.258 e. The molecule has 0 unspecified atom stereocenters. The summed E-state index contributed by atoms with van der Waals surface area (Å²) in [6, 6.07) is 19.7. The van der Waals surface area contributed by atoms with Crippen LogP contribution in [0.4, 0.5) is 17.1 Å². The molecule has 4 N–H and O–H groups in total. The Labute approximate surface area is 220 Å². The predicted octanol–water partition coefficient (Wildman–Crippen LogP) is 4.16. The van der Waals surface area contributed by atoms with Crippen LogP contribution in [-0.4, -0.2) is 66.5 Å². The molecule has 0 spiro atoms. The fourth-order valence-electron chi connectivity index (χ4n) is 4.54. The van der Waals surface area contributed by atoms with Crippen LogP contribution in [0.3, 0.4) is 0 Å². The van der Waals surface area contributed by atoms with E-state index in [-0.39, 0.29) is 24.1 Å². The zero-order valence-corrected chi connectivity index (χ0v) is 21.2. The average molecular weight is 518 g/mol. The normalized spacial score (nSPS) is 17.2. The zero-order valence-electron chi connectivity index (χ0n) is 20.4. The molecule has 1 saturated heterocycles. The van der Waals surface area contributed by atoms with Gasteiger partial charge in [0.05, 0.1) is 29.2 Å². The van der Waals surface area contributed by atoms with Crippen LogP contribution in [-0.2, 0) is 9.59 Å². The molecule has 2 amide bonds. The van der Waals surface area contributed by atoms with Crippen molar-refractivity contribution >= 4 is 51.7 Å². The third kappa shape index (κ3) is 5.61. The number of halogens is 1. The molecule has 5 rings (SSSR count). The second-order valence-corrected chi connectivity index (χ2v) is 9.68. The standard InChI is InChI=1S/C28H28ClN5O3/c1-33-11-13-34(14-12-33)17-25(36)31-22-10-8-20(16-24(22)35)30-27(18-5-3-2-4-6-18)26-21-9-7-19(29)15-23(21)32-28(26)37/h2-10,15-16,30,35H,11-14,17H2,1H3,(H,31,36)(H,32,37)/b27-26-. The number of fused-ring (bicyclic) bond motifs is 1. The van der Waals surface area contributed by atoms with Gasteiger partial charge in [-0.2, -0.15) is 0 Å². The largest absolute Gasteiger partial charge is 0.506 e. The second-order valence-electron chi connectivity index (χ2n) is 9.24. The first-order valence-electron chi connectivity index (χ1n) is 12.1. The third-order valence-corrected chi connectivity index (χ3v) is 6.78. The van der Waals surface area contributed by atoms with Crippen LogP contribution < -0.4 is 16.0 Å². The van der Waals surface area contributed by atoms with Crippen molar-refractivity contribution in [2.45, 2.75) is 0 Å². The fraction of sp³-hybridized carbons (Fsp3) is 0.214. The first-order valence-corrected chi connectivity index (χ1v) is 12.5. The summed E-state index contributed by atoms with van der Waals surface area (Å²) in [5.74, 6) is -0.497. The fourth-order valence-corrected chi connectivity index (χ4v) is 4.71. The van der Waals surface area contributed by atoms with Crippen molar-refractivity contribution in [2.24, 2.45) is 0 Å². The Kier molecular flexibility index (Phi) is 7.14. The van der Waals surface area contributed by atoms with Crippen LogP contribution in [0, 0.1) is 0 Å². The lowest BCUT2D eigenvalue weighted by Gasteiger charge is -2.31. The van der Waals surface area contributed by atoms with Gasteiger partial charge in [-0.1, -0.05) is 48.0 Å².